The smallest absolute Gasteiger partial charge is 0.233 e. The predicted octanol–water partition coefficient (Wildman–Crippen LogP) is 1.34. The zero-order valence-corrected chi connectivity index (χ0v) is 11.6. The molecule has 0 heterocycles. The third-order valence-corrected chi connectivity index (χ3v) is 2.79. The number of methoxy groups -OCH3 is 1. The van der Waals surface area contributed by atoms with E-state index in [0.717, 1.165) is 22.2 Å². The van der Waals surface area contributed by atoms with Crippen molar-refractivity contribution in [2.45, 2.75) is 6.42 Å². The van der Waals surface area contributed by atoms with Crippen molar-refractivity contribution >= 4 is 21.8 Å². The molecule has 0 aliphatic carbocycles. The molecule has 0 spiro atoms. The van der Waals surface area contributed by atoms with E-state index in [0.29, 0.717) is 13.1 Å². The SMILES string of the molecule is CNCC(=O)NCCc1cc(Br)ccc1OC. The highest BCUT2D eigenvalue weighted by Gasteiger charge is 2.04. The van der Waals surface area contributed by atoms with Gasteiger partial charge in [0.2, 0.25) is 5.91 Å². The van der Waals surface area contributed by atoms with Crippen LogP contribution in [0.1, 0.15) is 5.56 Å². The molecule has 1 aromatic carbocycles. The fraction of sp³-hybridized carbons (Fsp3) is 0.417. The van der Waals surface area contributed by atoms with Crippen molar-refractivity contribution < 1.29 is 9.53 Å². The summed E-state index contributed by atoms with van der Waals surface area (Å²) in [5, 5.41) is 5.63. The maximum absolute atomic E-state index is 11.2. The minimum Gasteiger partial charge on any atom is -0.496 e. The van der Waals surface area contributed by atoms with Gasteiger partial charge < -0.3 is 15.4 Å². The number of carbonyl (C=O) groups is 1. The van der Waals surface area contributed by atoms with Crippen molar-refractivity contribution in [1.29, 1.82) is 0 Å². The molecule has 0 saturated heterocycles. The number of hydrogen-bond donors (Lipinski definition) is 2. The minimum atomic E-state index is 0.00136. The molecule has 0 aromatic heterocycles. The predicted molar refractivity (Wildman–Crippen MR) is 71.3 cm³/mol. The highest BCUT2D eigenvalue weighted by molar-refractivity contribution is 9.10. The maximum Gasteiger partial charge on any atom is 0.233 e. The van der Waals surface area contributed by atoms with Crippen molar-refractivity contribution in [3.63, 3.8) is 0 Å². The second kappa shape index (κ2) is 7.29. The highest BCUT2D eigenvalue weighted by atomic mass is 79.9. The molecular weight excluding hydrogens is 284 g/mol. The Morgan fingerprint density at radius 3 is 2.88 bits per heavy atom. The van der Waals surface area contributed by atoms with Crippen molar-refractivity contribution in [2.24, 2.45) is 0 Å². The van der Waals surface area contributed by atoms with E-state index in [1.54, 1.807) is 14.2 Å². The topological polar surface area (TPSA) is 50.4 Å². The van der Waals surface area contributed by atoms with Gasteiger partial charge >= 0.3 is 0 Å². The van der Waals surface area contributed by atoms with Crippen molar-refractivity contribution in [3.05, 3.63) is 28.2 Å². The van der Waals surface area contributed by atoms with E-state index in [9.17, 15) is 4.79 Å². The van der Waals surface area contributed by atoms with Gasteiger partial charge in [0.05, 0.1) is 13.7 Å². The van der Waals surface area contributed by atoms with Crippen LogP contribution in [0.5, 0.6) is 5.75 Å². The molecule has 4 nitrogen and oxygen atoms in total. The van der Waals surface area contributed by atoms with Crippen LogP contribution in [0.2, 0.25) is 0 Å². The quantitative estimate of drug-likeness (QED) is 0.833. The Hall–Kier alpha value is -1.07. The van der Waals surface area contributed by atoms with Crippen LogP contribution in [0.25, 0.3) is 0 Å². The van der Waals surface area contributed by atoms with Crippen LogP contribution in [0.3, 0.4) is 0 Å². The summed E-state index contributed by atoms with van der Waals surface area (Å²) in [5.74, 6) is 0.845. The molecule has 1 rings (SSSR count). The minimum absolute atomic E-state index is 0.00136. The van der Waals surface area contributed by atoms with Crippen LogP contribution in [-0.2, 0) is 11.2 Å². The monoisotopic (exact) mass is 300 g/mol. The van der Waals surface area contributed by atoms with Crippen molar-refractivity contribution in [1.82, 2.24) is 10.6 Å². The van der Waals surface area contributed by atoms with E-state index < -0.39 is 0 Å². The number of amides is 1. The zero-order chi connectivity index (χ0) is 12.7. The van der Waals surface area contributed by atoms with Gasteiger partial charge in [-0.15, -0.1) is 0 Å². The van der Waals surface area contributed by atoms with Gasteiger partial charge in [-0.05, 0) is 37.2 Å². The lowest BCUT2D eigenvalue weighted by atomic mass is 10.1. The number of carbonyl (C=O) groups excluding carboxylic acids is 1. The molecule has 0 aliphatic heterocycles. The van der Waals surface area contributed by atoms with Gasteiger partial charge in [-0.1, -0.05) is 15.9 Å². The summed E-state index contributed by atoms with van der Waals surface area (Å²) < 4.78 is 6.27. The molecule has 5 heteroatoms. The second-order valence-electron chi connectivity index (χ2n) is 3.59. The van der Waals surface area contributed by atoms with E-state index >= 15 is 0 Å². The van der Waals surface area contributed by atoms with Crippen LogP contribution in [0, 0.1) is 0 Å². The van der Waals surface area contributed by atoms with Gasteiger partial charge in [-0.2, -0.15) is 0 Å². The average Bonchev–Trinajstić information content (AvgIpc) is 2.30. The fourth-order valence-corrected chi connectivity index (χ4v) is 1.91. The number of benzene rings is 1. The summed E-state index contributed by atoms with van der Waals surface area (Å²) in [4.78, 5) is 11.2. The Morgan fingerprint density at radius 1 is 1.47 bits per heavy atom. The molecule has 17 heavy (non-hydrogen) atoms. The largest absolute Gasteiger partial charge is 0.496 e. The average molecular weight is 301 g/mol. The number of hydrogen-bond acceptors (Lipinski definition) is 3. The van der Waals surface area contributed by atoms with E-state index in [2.05, 4.69) is 26.6 Å². The molecule has 0 atom stereocenters. The molecule has 0 unspecified atom stereocenters. The van der Waals surface area contributed by atoms with Crippen LogP contribution in [0.15, 0.2) is 22.7 Å². The molecule has 1 aromatic rings. The summed E-state index contributed by atoms with van der Waals surface area (Å²) in [5.41, 5.74) is 1.08. The van der Waals surface area contributed by atoms with Crippen LogP contribution >= 0.6 is 15.9 Å². The van der Waals surface area contributed by atoms with E-state index in [4.69, 9.17) is 4.74 Å². The van der Waals surface area contributed by atoms with Crippen molar-refractivity contribution in [3.8, 4) is 5.75 Å². The van der Waals surface area contributed by atoms with Gasteiger partial charge in [-0.3, -0.25) is 4.79 Å². The van der Waals surface area contributed by atoms with Gasteiger partial charge in [0.1, 0.15) is 5.75 Å². The molecule has 0 aliphatic rings. The molecule has 1 amide bonds. The van der Waals surface area contributed by atoms with Crippen LogP contribution in [-0.4, -0.2) is 33.2 Å². The summed E-state index contributed by atoms with van der Waals surface area (Å²) in [7, 11) is 3.39. The van der Waals surface area contributed by atoms with E-state index in [1.807, 2.05) is 18.2 Å². The molecule has 0 bridgehead atoms. The summed E-state index contributed by atoms with van der Waals surface area (Å²) in [6, 6.07) is 5.85. The lowest BCUT2D eigenvalue weighted by Gasteiger charge is -2.09. The van der Waals surface area contributed by atoms with Gasteiger partial charge in [0, 0.05) is 11.0 Å². The Labute approximate surface area is 110 Å². The Morgan fingerprint density at radius 2 is 2.24 bits per heavy atom. The number of ether oxygens (including phenoxy) is 1. The number of likely N-dealkylation sites (N-methyl/N-ethyl adjacent to an activating group) is 1. The van der Waals surface area contributed by atoms with Crippen molar-refractivity contribution in [2.75, 3.05) is 27.2 Å². The lowest BCUT2D eigenvalue weighted by Crippen LogP contribution is -2.33. The van der Waals surface area contributed by atoms with Crippen LogP contribution in [0.4, 0.5) is 0 Å². The first kappa shape index (κ1) is 14.0. The molecule has 0 radical (unpaired) electrons. The number of rotatable bonds is 6. The Balaban J connectivity index is 2.50. The Kier molecular flexibility index (Phi) is 6.00. The number of halogens is 1. The first-order valence-corrected chi connectivity index (χ1v) is 6.20. The molecule has 0 fully saturated rings. The summed E-state index contributed by atoms with van der Waals surface area (Å²) >= 11 is 3.42. The molecule has 0 saturated carbocycles. The van der Waals surface area contributed by atoms with E-state index in [1.165, 1.54) is 0 Å². The fourth-order valence-electron chi connectivity index (χ4n) is 1.50. The normalized spacial score (nSPS) is 10.1. The van der Waals surface area contributed by atoms with Gasteiger partial charge in [-0.25, -0.2) is 0 Å². The third-order valence-electron chi connectivity index (χ3n) is 2.30. The molecule has 94 valence electrons. The lowest BCUT2D eigenvalue weighted by molar-refractivity contribution is -0.120. The van der Waals surface area contributed by atoms with Gasteiger partial charge in [0.15, 0.2) is 0 Å². The third kappa shape index (κ3) is 4.75. The highest BCUT2D eigenvalue weighted by Crippen LogP contribution is 2.22. The maximum atomic E-state index is 11.2. The van der Waals surface area contributed by atoms with Crippen LogP contribution < -0.4 is 15.4 Å². The zero-order valence-electron chi connectivity index (χ0n) is 10.0. The summed E-state index contributed by atoms with van der Waals surface area (Å²) in [6.45, 7) is 0.947. The second-order valence-corrected chi connectivity index (χ2v) is 4.50. The first-order chi connectivity index (χ1) is 8.17. The van der Waals surface area contributed by atoms with E-state index in [-0.39, 0.29) is 5.91 Å². The first-order valence-electron chi connectivity index (χ1n) is 5.41. The molecular formula is C12H17BrN2O2. The Bertz CT molecular complexity index is 383. The molecule has 2 N–H and O–H groups in total. The number of nitrogens with one attached hydrogen (secondary N) is 2. The van der Waals surface area contributed by atoms with Gasteiger partial charge in [0.25, 0.3) is 0 Å². The standard InChI is InChI=1S/C12H17BrN2O2/c1-14-8-12(16)15-6-5-9-7-10(13)3-4-11(9)17-2/h3-4,7,14H,5-6,8H2,1-2H3,(H,15,16). The summed E-state index contributed by atoms with van der Waals surface area (Å²) in [6.07, 6.45) is 0.748.